The molecule has 2 aromatic carbocycles. The van der Waals surface area contributed by atoms with E-state index in [2.05, 4.69) is 4.98 Å². The highest BCUT2D eigenvalue weighted by molar-refractivity contribution is 7.23. The Bertz CT molecular complexity index is 1240. The molecule has 10 heteroatoms. The molecule has 0 bridgehead atoms. The fourth-order valence-corrected chi connectivity index (χ4v) is 4.17. The number of halogens is 1. The number of carbonyl (C=O) groups is 1. The summed E-state index contributed by atoms with van der Waals surface area (Å²) in [5, 5.41) is 12.0. The molecule has 0 unspecified atom stereocenters. The molecular weight excluding hydrogens is 430 g/mol. The van der Waals surface area contributed by atoms with Crippen LogP contribution in [0.5, 0.6) is 5.75 Å². The third kappa shape index (κ3) is 3.72. The van der Waals surface area contributed by atoms with Gasteiger partial charge in [0.2, 0.25) is 0 Å². The van der Waals surface area contributed by atoms with E-state index in [1.807, 2.05) is 0 Å². The minimum absolute atomic E-state index is 0.0915. The van der Waals surface area contributed by atoms with Crippen molar-refractivity contribution in [3.05, 3.63) is 81.3 Å². The first kappa shape index (κ1) is 19.9. The van der Waals surface area contributed by atoms with Crippen molar-refractivity contribution in [1.82, 2.24) is 4.98 Å². The van der Waals surface area contributed by atoms with Crippen molar-refractivity contribution in [2.45, 2.75) is 6.54 Å². The van der Waals surface area contributed by atoms with Crippen LogP contribution in [-0.4, -0.2) is 22.9 Å². The van der Waals surface area contributed by atoms with Crippen molar-refractivity contribution in [2.75, 3.05) is 12.0 Å². The van der Waals surface area contributed by atoms with Gasteiger partial charge in [-0.3, -0.25) is 19.8 Å². The van der Waals surface area contributed by atoms with E-state index in [1.54, 1.807) is 24.3 Å². The number of nitro benzene ring substituents is 1. The second kappa shape index (κ2) is 8.13. The summed E-state index contributed by atoms with van der Waals surface area (Å²) in [6, 6.07) is 12.4. The van der Waals surface area contributed by atoms with Crippen molar-refractivity contribution in [1.29, 1.82) is 0 Å². The minimum atomic E-state index is -0.546. The number of benzene rings is 2. The van der Waals surface area contributed by atoms with Gasteiger partial charge in [0.25, 0.3) is 11.6 Å². The number of non-ortho nitro benzene ring substituents is 1. The molecule has 2 heterocycles. The standard InChI is InChI=1S/C20H14ClN3O5S/c1-28-16-8-7-15(21)18-17(16)22-20(30-18)23(11-14-6-3-9-29-14)19(25)12-4-2-5-13(10-12)24(26)27/h2-10H,11H2,1H3. The van der Waals surface area contributed by atoms with Crippen molar-refractivity contribution < 1.29 is 18.9 Å². The summed E-state index contributed by atoms with van der Waals surface area (Å²) in [7, 11) is 1.52. The molecule has 30 heavy (non-hydrogen) atoms. The Morgan fingerprint density at radius 1 is 1.30 bits per heavy atom. The van der Waals surface area contributed by atoms with Crippen molar-refractivity contribution in [3.8, 4) is 5.75 Å². The number of hydrogen-bond acceptors (Lipinski definition) is 7. The Balaban J connectivity index is 1.82. The Hall–Kier alpha value is -3.43. The van der Waals surface area contributed by atoms with Gasteiger partial charge < -0.3 is 9.15 Å². The lowest BCUT2D eigenvalue weighted by atomic mass is 10.2. The van der Waals surface area contributed by atoms with Crippen LogP contribution >= 0.6 is 22.9 Å². The molecule has 0 saturated carbocycles. The first-order valence-electron chi connectivity index (χ1n) is 8.69. The molecule has 152 valence electrons. The fraction of sp³-hybridized carbons (Fsp3) is 0.100. The van der Waals surface area contributed by atoms with E-state index in [-0.39, 0.29) is 17.8 Å². The molecule has 0 aliphatic carbocycles. The Labute approximate surface area is 179 Å². The van der Waals surface area contributed by atoms with Gasteiger partial charge in [0, 0.05) is 17.7 Å². The maximum Gasteiger partial charge on any atom is 0.270 e. The van der Waals surface area contributed by atoms with Gasteiger partial charge in [0.1, 0.15) is 17.0 Å². The SMILES string of the molecule is COc1ccc(Cl)c2sc(N(Cc3ccco3)C(=O)c3cccc([N+](=O)[O-])c3)nc12. The number of furan rings is 1. The van der Waals surface area contributed by atoms with Gasteiger partial charge in [0.05, 0.1) is 34.6 Å². The van der Waals surface area contributed by atoms with Gasteiger partial charge in [-0.25, -0.2) is 4.98 Å². The molecule has 0 saturated heterocycles. The van der Waals surface area contributed by atoms with E-state index in [0.29, 0.717) is 31.9 Å². The summed E-state index contributed by atoms with van der Waals surface area (Å²) in [5.74, 6) is 0.605. The Morgan fingerprint density at radius 3 is 2.83 bits per heavy atom. The number of amides is 1. The van der Waals surface area contributed by atoms with Crippen LogP contribution in [0.4, 0.5) is 10.8 Å². The topological polar surface area (TPSA) is 98.7 Å². The maximum absolute atomic E-state index is 13.3. The molecule has 0 N–H and O–H groups in total. The van der Waals surface area contributed by atoms with E-state index < -0.39 is 10.8 Å². The summed E-state index contributed by atoms with van der Waals surface area (Å²) in [6.07, 6.45) is 1.50. The van der Waals surface area contributed by atoms with E-state index >= 15 is 0 Å². The highest BCUT2D eigenvalue weighted by Gasteiger charge is 2.25. The number of ether oxygens (including phenoxy) is 1. The normalized spacial score (nSPS) is 10.9. The van der Waals surface area contributed by atoms with Crippen LogP contribution in [0.15, 0.2) is 59.2 Å². The van der Waals surface area contributed by atoms with E-state index in [0.717, 1.165) is 0 Å². The number of anilines is 1. The molecule has 0 atom stereocenters. The number of carbonyl (C=O) groups excluding carboxylic acids is 1. The van der Waals surface area contributed by atoms with Gasteiger partial charge >= 0.3 is 0 Å². The number of nitro groups is 1. The second-order valence-corrected chi connectivity index (χ2v) is 7.59. The molecule has 4 rings (SSSR count). The van der Waals surface area contributed by atoms with Crippen LogP contribution in [0.3, 0.4) is 0 Å². The first-order valence-corrected chi connectivity index (χ1v) is 9.89. The number of thiazole rings is 1. The smallest absolute Gasteiger partial charge is 0.270 e. The number of methoxy groups -OCH3 is 1. The summed E-state index contributed by atoms with van der Waals surface area (Å²) >= 11 is 7.54. The molecule has 0 aliphatic heterocycles. The Kier molecular flexibility index (Phi) is 5.39. The van der Waals surface area contributed by atoms with Gasteiger partial charge in [0.15, 0.2) is 5.13 Å². The van der Waals surface area contributed by atoms with Crippen molar-refractivity contribution in [2.24, 2.45) is 0 Å². The first-order chi connectivity index (χ1) is 14.5. The third-order valence-corrected chi connectivity index (χ3v) is 5.88. The monoisotopic (exact) mass is 443 g/mol. The lowest BCUT2D eigenvalue weighted by Gasteiger charge is -2.18. The van der Waals surface area contributed by atoms with Crippen LogP contribution in [0.1, 0.15) is 16.1 Å². The summed E-state index contributed by atoms with van der Waals surface area (Å²) in [5.41, 5.74) is 0.516. The zero-order valence-electron chi connectivity index (χ0n) is 15.6. The number of nitrogens with zero attached hydrogens (tertiary/aromatic N) is 3. The van der Waals surface area contributed by atoms with Gasteiger partial charge in [-0.2, -0.15) is 0 Å². The van der Waals surface area contributed by atoms with Gasteiger partial charge in [-0.15, -0.1) is 0 Å². The van der Waals surface area contributed by atoms with Crippen LogP contribution in [-0.2, 0) is 6.54 Å². The van der Waals surface area contributed by atoms with E-state index in [4.69, 9.17) is 20.8 Å². The average molecular weight is 444 g/mol. The zero-order valence-corrected chi connectivity index (χ0v) is 17.1. The predicted molar refractivity (Wildman–Crippen MR) is 113 cm³/mol. The van der Waals surface area contributed by atoms with Gasteiger partial charge in [-0.1, -0.05) is 29.0 Å². The number of hydrogen-bond donors (Lipinski definition) is 0. The maximum atomic E-state index is 13.3. The molecular formula is C20H14ClN3O5S. The van der Waals surface area contributed by atoms with Crippen LogP contribution in [0.25, 0.3) is 10.2 Å². The number of aromatic nitrogens is 1. The van der Waals surface area contributed by atoms with E-state index in [9.17, 15) is 14.9 Å². The summed E-state index contributed by atoms with van der Waals surface area (Å²) in [4.78, 5) is 29.9. The largest absolute Gasteiger partial charge is 0.494 e. The lowest BCUT2D eigenvalue weighted by molar-refractivity contribution is -0.384. The van der Waals surface area contributed by atoms with Crippen LogP contribution < -0.4 is 9.64 Å². The highest BCUT2D eigenvalue weighted by atomic mass is 35.5. The third-order valence-electron chi connectivity index (χ3n) is 4.34. The molecule has 8 nitrogen and oxygen atoms in total. The average Bonchev–Trinajstić information content (AvgIpc) is 3.42. The Morgan fingerprint density at radius 2 is 2.13 bits per heavy atom. The molecule has 4 aromatic rings. The lowest BCUT2D eigenvalue weighted by Crippen LogP contribution is -2.30. The molecule has 1 amide bonds. The molecule has 2 aromatic heterocycles. The quantitative estimate of drug-likeness (QED) is 0.296. The molecule has 0 fully saturated rings. The fourth-order valence-electron chi connectivity index (χ4n) is 2.91. The van der Waals surface area contributed by atoms with Gasteiger partial charge in [-0.05, 0) is 30.3 Å². The minimum Gasteiger partial charge on any atom is -0.494 e. The summed E-state index contributed by atoms with van der Waals surface area (Å²) in [6.45, 7) is 0.0915. The second-order valence-electron chi connectivity index (χ2n) is 6.20. The number of fused-ring (bicyclic) bond motifs is 1. The number of rotatable bonds is 6. The molecule has 0 radical (unpaired) electrons. The van der Waals surface area contributed by atoms with Crippen molar-refractivity contribution >= 4 is 49.9 Å². The van der Waals surface area contributed by atoms with E-state index in [1.165, 1.54) is 53.9 Å². The van der Waals surface area contributed by atoms with Crippen molar-refractivity contribution in [3.63, 3.8) is 0 Å². The molecule has 0 aliphatic rings. The van der Waals surface area contributed by atoms with Crippen LogP contribution in [0, 0.1) is 10.1 Å². The zero-order chi connectivity index (χ0) is 21.3. The molecule has 0 spiro atoms. The predicted octanol–water partition coefficient (Wildman–Crippen LogP) is 5.31. The van der Waals surface area contributed by atoms with Crippen LogP contribution in [0.2, 0.25) is 5.02 Å². The highest BCUT2D eigenvalue weighted by Crippen LogP contribution is 2.39. The summed E-state index contributed by atoms with van der Waals surface area (Å²) < 4.78 is 11.4.